The molecule has 39 heavy (non-hydrogen) atoms. The third-order valence-corrected chi connectivity index (χ3v) is 6.19. The van der Waals surface area contributed by atoms with Crippen molar-refractivity contribution in [3.63, 3.8) is 0 Å². The summed E-state index contributed by atoms with van der Waals surface area (Å²) in [7, 11) is -4.99. The average Bonchev–Trinajstić information content (AvgIpc) is 3.56. The fraction of sp³-hybridized carbons (Fsp3) is 0.364. The first-order chi connectivity index (χ1) is 17.8. The number of fused-ring (bicyclic) bond motifs is 2. The summed E-state index contributed by atoms with van der Waals surface area (Å²) in [4.78, 5) is 45.0. The Kier molecular flexibility index (Phi) is 11.7. The minimum absolute atomic E-state index is 0. The van der Waals surface area contributed by atoms with E-state index in [1.807, 2.05) is 36.4 Å². The summed E-state index contributed by atoms with van der Waals surface area (Å²) in [6.07, 6.45) is 2.38. The number of ether oxygens (including phenoxy) is 3. The van der Waals surface area contributed by atoms with E-state index in [1.165, 1.54) is 12.7 Å². The van der Waals surface area contributed by atoms with Crippen LogP contribution in [0.2, 0.25) is 0 Å². The number of phosphoric acid groups is 1. The molecule has 2 aliphatic heterocycles. The Morgan fingerprint density at radius 2 is 1.92 bits per heavy atom. The number of carbonyl (C=O) groups is 1. The van der Waals surface area contributed by atoms with Crippen LogP contribution in [0, 0.1) is 0 Å². The third-order valence-electron chi connectivity index (χ3n) is 5.72. The molecule has 0 radical (unpaired) electrons. The molecule has 0 aliphatic carbocycles. The molecule has 2 unspecified atom stereocenters. The zero-order valence-electron chi connectivity index (χ0n) is 21.5. The maximum absolute atomic E-state index is 12.0. The van der Waals surface area contributed by atoms with E-state index in [1.54, 1.807) is 17.6 Å². The van der Waals surface area contributed by atoms with Crippen molar-refractivity contribution in [2.45, 2.75) is 37.8 Å². The van der Waals surface area contributed by atoms with Crippen molar-refractivity contribution in [1.29, 1.82) is 0 Å². The van der Waals surface area contributed by atoms with E-state index >= 15 is 0 Å². The minimum Gasteiger partial charge on any atom is -0.756 e. The van der Waals surface area contributed by atoms with E-state index in [4.69, 9.17) is 19.1 Å². The van der Waals surface area contributed by atoms with Gasteiger partial charge in [0.1, 0.15) is 24.6 Å². The average molecular weight is 577 g/mol. The zero-order valence-corrected chi connectivity index (χ0v) is 26.4. The van der Waals surface area contributed by atoms with Gasteiger partial charge in [0.25, 0.3) is 7.82 Å². The third kappa shape index (κ3) is 7.74. The van der Waals surface area contributed by atoms with Crippen molar-refractivity contribution < 1.29 is 97.0 Å². The molecule has 2 fully saturated rings. The maximum atomic E-state index is 12.0. The van der Waals surface area contributed by atoms with Gasteiger partial charge in [0.2, 0.25) is 0 Å². The van der Waals surface area contributed by atoms with E-state index in [0.29, 0.717) is 17.7 Å². The van der Waals surface area contributed by atoms with Gasteiger partial charge in [-0.25, -0.2) is 19.7 Å². The van der Waals surface area contributed by atoms with Crippen LogP contribution in [-0.4, -0.2) is 68.2 Å². The van der Waals surface area contributed by atoms with E-state index in [2.05, 4.69) is 30.1 Å². The Balaban J connectivity index is 0.00000210. The number of hydrogen-bond donors (Lipinski definition) is 3. The molecule has 3 N–H and O–H groups in total. The molecule has 17 heteroatoms. The SMILES string of the molecule is CCNC(=O)Nc1ncnc2c1ncn2[C@@H]1O[C@H](COP(=O)([O-])O)[C@@H]2O[C@H](/C=C/c3ccccc3)OC21.[Na+].[Na+]. The standard InChI is InChI=1S/C22H25N6O8P.2Na/c1-2-23-22(29)27-19-16-20(25-11-24-19)28(12-26-16)21-18-17(14(34-21)10-33-37(30,31)32)35-15(36-18)9-8-13-6-4-3-5-7-13;;/h3-9,11-12,14-15,17-18,21H,2,10H2,1H3,(H2,30,31,32)(H2,23,24,25,27,29);;/q;2*+1/p-1/b9-8+;;/t14-,15+,17+,18?,21-;;/m1../s1. The number of carbonyl (C=O) groups excluding carboxylic acids is 1. The molecule has 2 aromatic heterocycles. The van der Waals surface area contributed by atoms with E-state index in [9.17, 15) is 14.3 Å². The fourth-order valence-electron chi connectivity index (χ4n) is 4.17. The second-order valence-electron chi connectivity index (χ2n) is 8.20. The molecule has 2 amide bonds. The van der Waals surface area contributed by atoms with Crippen LogP contribution in [0.15, 0.2) is 49.1 Å². The van der Waals surface area contributed by atoms with Crippen LogP contribution in [-0.2, 0) is 23.3 Å². The molecule has 6 atom stereocenters. The van der Waals surface area contributed by atoms with Crippen molar-refractivity contribution >= 4 is 36.9 Å². The van der Waals surface area contributed by atoms with Crippen LogP contribution >= 0.6 is 7.82 Å². The van der Waals surface area contributed by atoms with Gasteiger partial charge < -0.3 is 33.8 Å². The van der Waals surface area contributed by atoms with Crippen molar-refractivity contribution in [3.05, 3.63) is 54.6 Å². The van der Waals surface area contributed by atoms with Crippen molar-refractivity contribution in [1.82, 2.24) is 24.8 Å². The minimum atomic E-state index is -4.99. The van der Waals surface area contributed by atoms with Gasteiger partial charge in [0.15, 0.2) is 29.5 Å². The monoisotopic (exact) mass is 577 g/mol. The molecule has 0 saturated carbocycles. The Bertz CT molecular complexity index is 1340. The Labute approximate surface area is 267 Å². The first-order valence-corrected chi connectivity index (χ1v) is 12.9. The molecular weight excluding hydrogens is 553 g/mol. The predicted octanol–water partition coefficient (Wildman–Crippen LogP) is -4.83. The molecule has 2 aliphatic rings. The predicted molar refractivity (Wildman–Crippen MR) is 127 cm³/mol. The second kappa shape index (κ2) is 14.1. The van der Waals surface area contributed by atoms with Gasteiger partial charge in [-0.15, -0.1) is 0 Å². The summed E-state index contributed by atoms with van der Waals surface area (Å²) in [5.74, 6) is 0.198. The summed E-state index contributed by atoms with van der Waals surface area (Å²) in [5, 5.41) is 5.24. The number of anilines is 1. The summed E-state index contributed by atoms with van der Waals surface area (Å²) < 4.78 is 35.6. The van der Waals surface area contributed by atoms with Crippen LogP contribution in [0.5, 0.6) is 0 Å². The van der Waals surface area contributed by atoms with Crippen LogP contribution in [0.4, 0.5) is 10.6 Å². The number of rotatable bonds is 8. The smallest absolute Gasteiger partial charge is 0.756 e. The van der Waals surface area contributed by atoms with Crippen LogP contribution in [0.1, 0.15) is 18.7 Å². The van der Waals surface area contributed by atoms with Crippen molar-refractivity contribution in [2.24, 2.45) is 0 Å². The molecule has 14 nitrogen and oxygen atoms in total. The van der Waals surface area contributed by atoms with E-state index < -0.39 is 51.3 Å². The number of aromatic nitrogens is 4. The van der Waals surface area contributed by atoms with Gasteiger partial charge in [0, 0.05) is 6.54 Å². The number of nitrogens with one attached hydrogen (secondary N) is 2. The molecule has 4 heterocycles. The van der Waals surface area contributed by atoms with Crippen LogP contribution < -0.4 is 74.6 Å². The van der Waals surface area contributed by atoms with Crippen LogP contribution in [0.25, 0.3) is 17.2 Å². The molecular formula is C22H24N6Na2O8P+. The summed E-state index contributed by atoms with van der Waals surface area (Å²) in [6.45, 7) is 1.73. The molecule has 196 valence electrons. The summed E-state index contributed by atoms with van der Waals surface area (Å²) in [5.41, 5.74) is 1.60. The van der Waals surface area contributed by atoms with Crippen molar-refractivity contribution in [2.75, 3.05) is 18.5 Å². The van der Waals surface area contributed by atoms with Crippen LogP contribution in [0.3, 0.4) is 0 Å². The first kappa shape index (κ1) is 32.3. The second-order valence-corrected chi connectivity index (χ2v) is 9.40. The number of hydrogen-bond acceptors (Lipinski definition) is 10. The Morgan fingerprint density at radius 3 is 2.64 bits per heavy atom. The summed E-state index contributed by atoms with van der Waals surface area (Å²) in [6, 6.07) is 9.11. The van der Waals surface area contributed by atoms with Gasteiger partial charge in [-0.1, -0.05) is 36.4 Å². The van der Waals surface area contributed by atoms with Gasteiger partial charge in [-0.2, -0.15) is 0 Å². The molecule has 1 aromatic carbocycles. The Morgan fingerprint density at radius 1 is 1.18 bits per heavy atom. The number of urea groups is 1. The number of amides is 2. The van der Waals surface area contributed by atoms with Gasteiger partial charge in [0.05, 0.1) is 12.9 Å². The number of benzene rings is 1. The van der Waals surface area contributed by atoms with E-state index in [0.717, 1.165) is 5.56 Å². The van der Waals surface area contributed by atoms with Gasteiger partial charge >= 0.3 is 65.1 Å². The largest absolute Gasteiger partial charge is 1.00 e. The van der Waals surface area contributed by atoms with Gasteiger partial charge in [-0.05, 0) is 18.6 Å². The maximum Gasteiger partial charge on any atom is 1.00 e. The van der Waals surface area contributed by atoms with Crippen molar-refractivity contribution in [3.8, 4) is 0 Å². The summed E-state index contributed by atoms with van der Waals surface area (Å²) >= 11 is 0. The topological polar surface area (TPSA) is 182 Å². The fourth-order valence-corrected chi connectivity index (χ4v) is 4.51. The van der Waals surface area contributed by atoms with E-state index in [-0.39, 0.29) is 64.9 Å². The molecule has 0 bridgehead atoms. The molecule has 5 rings (SSSR count). The molecule has 2 saturated heterocycles. The normalized spacial score (nSPS) is 25.5. The number of nitrogens with zero attached hydrogens (tertiary/aromatic N) is 4. The number of imidazole rings is 1. The quantitative estimate of drug-likeness (QED) is 0.173. The number of phosphoric ester groups is 1. The zero-order chi connectivity index (χ0) is 26.0. The molecule has 3 aromatic rings. The Hall–Kier alpha value is -1.23. The molecule has 0 spiro atoms. The van der Waals surface area contributed by atoms with Gasteiger partial charge in [-0.3, -0.25) is 14.4 Å². The first-order valence-electron chi connectivity index (χ1n) is 11.4.